The Bertz CT molecular complexity index is 344. The van der Waals surface area contributed by atoms with Crippen LogP contribution in [0.4, 0.5) is 5.69 Å². The van der Waals surface area contributed by atoms with Crippen LogP contribution in [0.25, 0.3) is 0 Å². The third kappa shape index (κ3) is 3.13. The Kier molecular flexibility index (Phi) is 4.08. The number of hydrogen-bond acceptors (Lipinski definition) is 2. The van der Waals surface area contributed by atoms with E-state index in [-0.39, 0.29) is 0 Å². The summed E-state index contributed by atoms with van der Waals surface area (Å²) in [5.41, 5.74) is 2.45. The van der Waals surface area contributed by atoms with Crippen LogP contribution < -0.4 is 10.6 Å². The highest BCUT2D eigenvalue weighted by atomic mass is 35.5. The summed E-state index contributed by atoms with van der Waals surface area (Å²) >= 11 is 6.01. The van der Waals surface area contributed by atoms with Crippen molar-refractivity contribution in [2.24, 2.45) is 0 Å². The molecule has 0 radical (unpaired) electrons. The highest BCUT2D eigenvalue weighted by Crippen LogP contribution is 2.22. The maximum Gasteiger partial charge on any atom is 0.0426 e. The molecule has 1 saturated heterocycles. The molecular formula is C13H19ClN2. The molecule has 0 bridgehead atoms. The molecule has 1 aromatic carbocycles. The maximum atomic E-state index is 6.01. The molecule has 3 heteroatoms. The summed E-state index contributed by atoms with van der Waals surface area (Å²) in [6.45, 7) is 4.37. The first kappa shape index (κ1) is 11.7. The summed E-state index contributed by atoms with van der Waals surface area (Å²) in [6, 6.07) is 6.61. The standard InChI is InChI=1S/C13H19ClN2/c1-10-4-5-11(14)9-13(10)16-12-3-2-7-15-8-6-12/h4-5,9,12,15-16H,2-3,6-8H2,1H3. The second kappa shape index (κ2) is 5.55. The molecular weight excluding hydrogens is 220 g/mol. The fourth-order valence-corrected chi connectivity index (χ4v) is 2.31. The van der Waals surface area contributed by atoms with Crippen molar-refractivity contribution in [1.29, 1.82) is 0 Å². The molecule has 88 valence electrons. The van der Waals surface area contributed by atoms with Crippen LogP contribution in [-0.2, 0) is 0 Å². The molecule has 0 aliphatic carbocycles. The fraction of sp³-hybridized carbons (Fsp3) is 0.538. The first-order valence-corrected chi connectivity index (χ1v) is 6.37. The molecule has 1 fully saturated rings. The molecule has 2 N–H and O–H groups in total. The molecule has 2 rings (SSSR count). The van der Waals surface area contributed by atoms with Gasteiger partial charge in [-0.05, 0) is 57.0 Å². The van der Waals surface area contributed by atoms with Crippen molar-refractivity contribution < 1.29 is 0 Å². The van der Waals surface area contributed by atoms with Crippen LogP contribution in [0, 0.1) is 6.92 Å². The van der Waals surface area contributed by atoms with Crippen molar-refractivity contribution in [2.75, 3.05) is 18.4 Å². The van der Waals surface area contributed by atoms with Crippen LogP contribution in [0.1, 0.15) is 24.8 Å². The quantitative estimate of drug-likeness (QED) is 0.827. The van der Waals surface area contributed by atoms with Gasteiger partial charge in [-0.25, -0.2) is 0 Å². The SMILES string of the molecule is Cc1ccc(Cl)cc1NC1CCCNCC1. The van der Waals surface area contributed by atoms with E-state index in [9.17, 15) is 0 Å². The predicted molar refractivity (Wildman–Crippen MR) is 70.3 cm³/mol. The van der Waals surface area contributed by atoms with E-state index in [2.05, 4.69) is 23.6 Å². The van der Waals surface area contributed by atoms with Crippen molar-refractivity contribution in [3.05, 3.63) is 28.8 Å². The van der Waals surface area contributed by atoms with Crippen molar-refractivity contribution in [1.82, 2.24) is 5.32 Å². The average molecular weight is 239 g/mol. The van der Waals surface area contributed by atoms with Gasteiger partial charge in [0, 0.05) is 16.8 Å². The minimum Gasteiger partial charge on any atom is -0.382 e. The monoisotopic (exact) mass is 238 g/mol. The molecule has 1 heterocycles. The van der Waals surface area contributed by atoms with Crippen LogP contribution >= 0.6 is 11.6 Å². The van der Waals surface area contributed by atoms with Gasteiger partial charge >= 0.3 is 0 Å². The van der Waals surface area contributed by atoms with Crippen LogP contribution in [0.15, 0.2) is 18.2 Å². The van der Waals surface area contributed by atoms with Gasteiger partial charge in [0.25, 0.3) is 0 Å². The molecule has 1 aromatic rings. The van der Waals surface area contributed by atoms with Crippen LogP contribution in [-0.4, -0.2) is 19.1 Å². The lowest BCUT2D eigenvalue weighted by Gasteiger charge is -2.19. The normalized spacial score (nSPS) is 21.5. The van der Waals surface area contributed by atoms with Crippen molar-refractivity contribution in [2.45, 2.75) is 32.2 Å². The van der Waals surface area contributed by atoms with Crippen LogP contribution in [0.2, 0.25) is 5.02 Å². The van der Waals surface area contributed by atoms with E-state index in [1.807, 2.05) is 12.1 Å². The molecule has 0 aromatic heterocycles. The number of anilines is 1. The Balaban J connectivity index is 2.04. The van der Waals surface area contributed by atoms with Gasteiger partial charge < -0.3 is 10.6 Å². The minimum atomic E-state index is 0.576. The van der Waals surface area contributed by atoms with Crippen LogP contribution in [0.5, 0.6) is 0 Å². The Morgan fingerprint density at radius 3 is 3.06 bits per heavy atom. The number of halogens is 1. The molecule has 0 spiro atoms. The van der Waals surface area contributed by atoms with E-state index in [1.165, 1.54) is 30.5 Å². The lowest BCUT2D eigenvalue weighted by molar-refractivity contribution is 0.637. The lowest BCUT2D eigenvalue weighted by atomic mass is 10.1. The summed E-state index contributed by atoms with van der Waals surface area (Å²) in [5.74, 6) is 0. The summed E-state index contributed by atoms with van der Waals surface area (Å²) in [7, 11) is 0. The largest absolute Gasteiger partial charge is 0.382 e. The predicted octanol–water partition coefficient (Wildman–Crippen LogP) is 3.20. The number of nitrogens with one attached hydrogen (secondary N) is 2. The molecule has 2 nitrogen and oxygen atoms in total. The third-order valence-corrected chi connectivity index (χ3v) is 3.37. The molecule has 1 aliphatic rings. The minimum absolute atomic E-state index is 0.576. The van der Waals surface area contributed by atoms with Gasteiger partial charge in [0.1, 0.15) is 0 Å². The van der Waals surface area contributed by atoms with E-state index < -0.39 is 0 Å². The van der Waals surface area contributed by atoms with Crippen LogP contribution in [0.3, 0.4) is 0 Å². The van der Waals surface area contributed by atoms with Gasteiger partial charge in [-0.2, -0.15) is 0 Å². The van der Waals surface area contributed by atoms with E-state index >= 15 is 0 Å². The van der Waals surface area contributed by atoms with Gasteiger partial charge in [0.05, 0.1) is 0 Å². The molecule has 0 amide bonds. The van der Waals surface area contributed by atoms with Gasteiger partial charge in [0.15, 0.2) is 0 Å². The molecule has 1 aliphatic heterocycles. The van der Waals surface area contributed by atoms with E-state index in [1.54, 1.807) is 0 Å². The van der Waals surface area contributed by atoms with Gasteiger partial charge in [-0.3, -0.25) is 0 Å². The summed E-state index contributed by atoms with van der Waals surface area (Å²) in [4.78, 5) is 0. The van der Waals surface area contributed by atoms with E-state index in [0.717, 1.165) is 18.1 Å². The highest BCUT2D eigenvalue weighted by Gasteiger charge is 2.12. The third-order valence-electron chi connectivity index (χ3n) is 3.13. The van der Waals surface area contributed by atoms with Crippen molar-refractivity contribution >= 4 is 17.3 Å². The number of rotatable bonds is 2. The Labute approximate surface area is 102 Å². The molecule has 0 saturated carbocycles. The first-order chi connectivity index (χ1) is 7.75. The molecule has 1 unspecified atom stereocenters. The Morgan fingerprint density at radius 1 is 1.31 bits per heavy atom. The Morgan fingerprint density at radius 2 is 2.19 bits per heavy atom. The number of benzene rings is 1. The zero-order valence-corrected chi connectivity index (χ0v) is 10.5. The van der Waals surface area contributed by atoms with Gasteiger partial charge in [-0.15, -0.1) is 0 Å². The fourth-order valence-electron chi connectivity index (χ4n) is 2.13. The summed E-state index contributed by atoms with van der Waals surface area (Å²) < 4.78 is 0. The smallest absolute Gasteiger partial charge is 0.0426 e. The average Bonchev–Trinajstić information content (AvgIpc) is 2.52. The zero-order valence-electron chi connectivity index (χ0n) is 9.72. The van der Waals surface area contributed by atoms with E-state index in [0.29, 0.717) is 6.04 Å². The van der Waals surface area contributed by atoms with Crippen molar-refractivity contribution in [3.63, 3.8) is 0 Å². The maximum absolute atomic E-state index is 6.01. The topological polar surface area (TPSA) is 24.1 Å². The second-order valence-electron chi connectivity index (χ2n) is 4.48. The zero-order chi connectivity index (χ0) is 11.4. The number of aryl methyl sites for hydroxylation is 1. The second-order valence-corrected chi connectivity index (χ2v) is 4.92. The number of hydrogen-bond donors (Lipinski definition) is 2. The van der Waals surface area contributed by atoms with Crippen molar-refractivity contribution in [3.8, 4) is 0 Å². The van der Waals surface area contributed by atoms with Gasteiger partial charge in [0.2, 0.25) is 0 Å². The molecule has 16 heavy (non-hydrogen) atoms. The first-order valence-electron chi connectivity index (χ1n) is 5.99. The summed E-state index contributed by atoms with van der Waals surface area (Å²) in [6.07, 6.45) is 3.67. The van der Waals surface area contributed by atoms with E-state index in [4.69, 9.17) is 11.6 Å². The lowest BCUT2D eigenvalue weighted by Crippen LogP contribution is -2.21. The Hall–Kier alpha value is -0.730. The molecule has 1 atom stereocenters. The summed E-state index contributed by atoms with van der Waals surface area (Å²) in [5, 5.41) is 7.83. The highest BCUT2D eigenvalue weighted by molar-refractivity contribution is 6.30. The van der Waals surface area contributed by atoms with Gasteiger partial charge in [-0.1, -0.05) is 17.7 Å².